The number of carbonyl (C=O) groups excluding carboxylic acids is 1. The standard InChI is InChI=1S/C17H18BrNO5S/c1-23-14-4-2-12(3-5-14)17(20)19(10-15-6-7-16(18)24-15)13-8-9-25(21,22)11-13/h2-7,13H,8-11H2,1H3/t13-/m1/s1. The highest BCUT2D eigenvalue weighted by atomic mass is 79.9. The minimum absolute atomic E-state index is 0.0171. The van der Waals surface area contributed by atoms with E-state index in [0.717, 1.165) is 0 Å². The molecule has 25 heavy (non-hydrogen) atoms. The second-order valence-corrected chi connectivity index (χ2v) is 8.93. The van der Waals surface area contributed by atoms with E-state index in [1.54, 1.807) is 48.4 Å². The summed E-state index contributed by atoms with van der Waals surface area (Å²) in [5, 5.41) is 0. The number of hydrogen-bond acceptors (Lipinski definition) is 5. The van der Waals surface area contributed by atoms with Gasteiger partial charge in [0.1, 0.15) is 11.5 Å². The van der Waals surface area contributed by atoms with Crippen LogP contribution in [0.25, 0.3) is 0 Å². The Balaban J connectivity index is 1.87. The van der Waals surface area contributed by atoms with E-state index in [0.29, 0.717) is 28.2 Å². The van der Waals surface area contributed by atoms with E-state index in [9.17, 15) is 13.2 Å². The highest BCUT2D eigenvalue weighted by molar-refractivity contribution is 9.10. The smallest absolute Gasteiger partial charge is 0.254 e. The van der Waals surface area contributed by atoms with Gasteiger partial charge < -0.3 is 14.1 Å². The van der Waals surface area contributed by atoms with Crippen molar-refractivity contribution in [3.8, 4) is 5.75 Å². The van der Waals surface area contributed by atoms with Crippen molar-refractivity contribution in [2.24, 2.45) is 0 Å². The van der Waals surface area contributed by atoms with Crippen molar-refractivity contribution < 1.29 is 22.4 Å². The molecule has 0 bridgehead atoms. The van der Waals surface area contributed by atoms with Crippen molar-refractivity contribution in [3.63, 3.8) is 0 Å². The highest BCUT2D eigenvalue weighted by Gasteiger charge is 2.35. The molecule has 134 valence electrons. The lowest BCUT2D eigenvalue weighted by molar-refractivity contribution is 0.0665. The van der Waals surface area contributed by atoms with E-state index >= 15 is 0 Å². The van der Waals surface area contributed by atoms with Crippen LogP contribution >= 0.6 is 15.9 Å². The van der Waals surface area contributed by atoms with Crippen LogP contribution in [0.4, 0.5) is 0 Å². The SMILES string of the molecule is COc1ccc(C(=O)N(Cc2ccc(Br)o2)[C@@H]2CCS(=O)(=O)C2)cc1. The number of sulfone groups is 1. The number of nitrogens with zero attached hydrogens (tertiary/aromatic N) is 1. The summed E-state index contributed by atoms with van der Waals surface area (Å²) in [5.74, 6) is 1.11. The average Bonchev–Trinajstić information content (AvgIpc) is 3.17. The number of hydrogen-bond donors (Lipinski definition) is 0. The molecule has 1 aromatic heterocycles. The number of carbonyl (C=O) groups is 1. The summed E-state index contributed by atoms with van der Waals surface area (Å²) in [4.78, 5) is 14.6. The van der Waals surface area contributed by atoms with Crippen molar-refractivity contribution in [1.29, 1.82) is 0 Å². The molecule has 1 aromatic carbocycles. The van der Waals surface area contributed by atoms with Gasteiger partial charge in [0.15, 0.2) is 14.5 Å². The Morgan fingerprint density at radius 1 is 1.28 bits per heavy atom. The second kappa shape index (κ2) is 7.21. The fraction of sp³-hybridized carbons (Fsp3) is 0.353. The van der Waals surface area contributed by atoms with Gasteiger partial charge in [-0.1, -0.05) is 0 Å². The highest BCUT2D eigenvalue weighted by Crippen LogP contribution is 2.24. The van der Waals surface area contributed by atoms with Crippen LogP contribution < -0.4 is 4.74 Å². The molecule has 0 aliphatic carbocycles. The molecule has 0 radical (unpaired) electrons. The zero-order chi connectivity index (χ0) is 18.0. The van der Waals surface area contributed by atoms with Crippen molar-refractivity contribution in [3.05, 3.63) is 52.4 Å². The van der Waals surface area contributed by atoms with Gasteiger partial charge in [-0.3, -0.25) is 4.79 Å². The van der Waals surface area contributed by atoms with Crippen LogP contribution in [0.3, 0.4) is 0 Å². The Morgan fingerprint density at radius 3 is 2.52 bits per heavy atom. The molecule has 1 atom stereocenters. The summed E-state index contributed by atoms with van der Waals surface area (Å²) in [6, 6.07) is 9.92. The molecule has 8 heteroatoms. The van der Waals surface area contributed by atoms with E-state index in [1.807, 2.05) is 0 Å². The lowest BCUT2D eigenvalue weighted by atomic mass is 10.1. The fourth-order valence-corrected chi connectivity index (χ4v) is 4.96. The van der Waals surface area contributed by atoms with Crippen LogP contribution in [0.5, 0.6) is 5.75 Å². The van der Waals surface area contributed by atoms with Gasteiger partial charge in [0.05, 0.1) is 25.2 Å². The predicted octanol–water partition coefficient (Wildman–Crippen LogP) is 2.88. The number of benzene rings is 1. The maximum absolute atomic E-state index is 13.0. The molecule has 0 spiro atoms. The molecule has 1 fully saturated rings. The number of methoxy groups -OCH3 is 1. The number of halogens is 1. The largest absolute Gasteiger partial charge is 0.497 e. The van der Waals surface area contributed by atoms with Gasteiger partial charge in [0.25, 0.3) is 5.91 Å². The van der Waals surface area contributed by atoms with E-state index in [2.05, 4.69) is 15.9 Å². The molecule has 0 N–H and O–H groups in total. The van der Waals surface area contributed by atoms with Crippen LogP contribution in [0.1, 0.15) is 22.5 Å². The van der Waals surface area contributed by atoms with Crippen LogP contribution in [-0.2, 0) is 16.4 Å². The van der Waals surface area contributed by atoms with Gasteiger partial charge in [-0.25, -0.2) is 8.42 Å². The Labute approximate surface area is 154 Å². The van der Waals surface area contributed by atoms with Crippen LogP contribution in [-0.4, -0.2) is 43.9 Å². The summed E-state index contributed by atoms with van der Waals surface area (Å²) in [5.41, 5.74) is 0.482. The molecule has 1 saturated heterocycles. The topological polar surface area (TPSA) is 76.8 Å². The molecular formula is C17H18BrNO5S. The zero-order valence-corrected chi connectivity index (χ0v) is 16.0. The molecule has 2 heterocycles. The molecule has 0 unspecified atom stereocenters. The van der Waals surface area contributed by atoms with Gasteiger partial charge in [-0.2, -0.15) is 0 Å². The number of amides is 1. The first-order chi connectivity index (χ1) is 11.9. The van der Waals surface area contributed by atoms with Gasteiger partial charge in [-0.05, 0) is 58.7 Å². The first kappa shape index (κ1) is 18.0. The van der Waals surface area contributed by atoms with Gasteiger partial charge in [0.2, 0.25) is 0 Å². The number of ether oxygens (including phenoxy) is 1. The average molecular weight is 428 g/mol. The van der Waals surface area contributed by atoms with Crippen LogP contribution in [0.15, 0.2) is 45.5 Å². The maximum atomic E-state index is 13.0. The van der Waals surface area contributed by atoms with Crippen molar-refractivity contribution >= 4 is 31.7 Å². The Morgan fingerprint density at radius 2 is 2.00 bits per heavy atom. The Hall–Kier alpha value is -1.80. The van der Waals surface area contributed by atoms with E-state index in [4.69, 9.17) is 9.15 Å². The molecular weight excluding hydrogens is 410 g/mol. The minimum Gasteiger partial charge on any atom is -0.497 e. The summed E-state index contributed by atoms with van der Waals surface area (Å²) in [7, 11) is -1.55. The first-order valence-corrected chi connectivity index (χ1v) is 10.4. The number of rotatable bonds is 5. The normalized spacial score (nSPS) is 18.9. The molecule has 2 aromatic rings. The second-order valence-electron chi connectivity index (χ2n) is 5.92. The fourth-order valence-electron chi connectivity index (χ4n) is 2.89. The Kier molecular flexibility index (Phi) is 5.19. The third kappa shape index (κ3) is 4.24. The van der Waals surface area contributed by atoms with Crippen LogP contribution in [0, 0.1) is 0 Å². The summed E-state index contributed by atoms with van der Waals surface area (Å²) < 4.78 is 34.9. The lowest BCUT2D eigenvalue weighted by Gasteiger charge is -2.27. The summed E-state index contributed by atoms with van der Waals surface area (Å²) >= 11 is 3.24. The maximum Gasteiger partial charge on any atom is 0.254 e. The molecule has 1 aliphatic heterocycles. The van der Waals surface area contributed by atoms with Gasteiger partial charge in [0, 0.05) is 11.6 Å². The molecule has 0 saturated carbocycles. The van der Waals surface area contributed by atoms with Crippen molar-refractivity contribution in [1.82, 2.24) is 4.90 Å². The third-order valence-electron chi connectivity index (χ3n) is 4.20. The third-order valence-corrected chi connectivity index (χ3v) is 6.38. The quantitative estimate of drug-likeness (QED) is 0.732. The molecule has 3 rings (SSSR count). The van der Waals surface area contributed by atoms with E-state index in [-0.39, 0.29) is 30.0 Å². The van der Waals surface area contributed by atoms with Crippen LogP contribution in [0.2, 0.25) is 0 Å². The zero-order valence-electron chi connectivity index (χ0n) is 13.6. The van der Waals surface area contributed by atoms with Gasteiger partial charge >= 0.3 is 0 Å². The minimum atomic E-state index is -3.11. The predicted molar refractivity (Wildman–Crippen MR) is 96.3 cm³/mol. The van der Waals surface area contributed by atoms with Crippen molar-refractivity contribution in [2.45, 2.75) is 19.0 Å². The molecule has 1 aliphatic rings. The lowest BCUT2D eigenvalue weighted by Crippen LogP contribution is -2.40. The summed E-state index contributed by atoms with van der Waals surface area (Å²) in [6.07, 6.45) is 0.437. The Bertz CT molecular complexity index is 859. The van der Waals surface area contributed by atoms with E-state index < -0.39 is 9.84 Å². The molecule has 1 amide bonds. The monoisotopic (exact) mass is 427 g/mol. The van der Waals surface area contributed by atoms with E-state index in [1.165, 1.54) is 0 Å². The first-order valence-electron chi connectivity index (χ1n) is 7.77. The van der Waals surface area contributed by atoms with Crippen molar-refractivity contribution in [2.75, 3.05) is 18.6 Å². The van der Waals surface area contributed by atoms with Gasteiger partial charge in [-0.15, -0.1) is 0 Å². The molecule has 6 nitrogen and oxygen atoms in total. The summed E-state index contributed by atoms with van der Waals surface area (Å²) in [6.45, 7) is 0.219. The number of furan rings is 1.